The van der Waals surface area contributed by atoms with Crippen molar-refractivity contribution in [1.29, 1.82) is 0 Å². The lowest BCUT2D eigenvalue weighted by Gasteiger charge is -2.02. The van der Waals surface area contributed by atoms with Gasteiger partial charge in [-0.25, -0.2) is 4.98 Å². The van der Waals surface area contributed by atoms with Crippen LogP contribution >= 0.6 is 0 Å². The highest BCUT2D eigenvalue weighted by molar-refractivity contribution is 5.75. The Morgan fingerprint density at radius 2 is 2.44 bits per heavy atom. The highest BCUT2D eigenvalue weighted by Gasteiger charge is 2.06. The van der Waals surface area contributed by atoms with E-state index in [0.717, 1.165) is 12.2 Å². The molecule has 0 saturated carbocycles. The Kier molecular flexibility index (Phi) is 3.61. The van der Waals surface area contributed by atoms with Crippen molar-refractivity contribution in [2.75, 3.05) is 5.73 Å². The quantitative estimate of drug-likeness (QED) is 0.795. The molecule has 2 heterocycles. The van der Waals surface area contributed by atoms with Gasteiger partial charge in [0.05, 0.1) is 12.7 Å². The first-order valence-electron chi connectivity index (χ1n) is 5.66. The maximum Gasteiger partial charge on any atom is 0.242 e. The fraction of sp³-hybridized carbons (Fsp3) is 0.364. The van der Waals surface area contributed by atoms with Crippen LogP contribution in [-0.2, 0) is 24.3 Å². The molecule has 0 unspecified atom stereocenters. The molecule has 0 saturated heterocycles. The molecule has 0 atom stereocenters. The Hall–Kier alpha value is -2.31. The minimum Gasteiger partial charge on any atom is -0.444 e. The number of anilines is 1. The summed E-state index contributed by atoms with van der Waals surface area (Å²) in [5.74, 6) is 1.52. The average molecular weight is 249 g/mol. The molecule has 7 heteroatoms. The molecule has 2 aromatic heterocycles. The molecule has 0 aromatic carbocycles. The fourth-order valence-electron chi connectivity index (χ4n) is 1.44. The van der Waals surface area contributed by atoms with Crippen LogP contribution < -0.4 is 11.1 Å². The van der Waals surface area contributed by atoms with Gasteiger partial charge in [0, 0.05) is 12.6 Å². The Morgan fingerprint density at radius 3 is 3.06 bits per heavy atom. The number of aromatic nitrogens is 3. The Bertz CT molecular complexity index is 531. The zero-order chi connectivity index (χ0) is 13.0. The first-order valence-corrected chi connectivity index (χ1v) is 5.66. The number of hydrogen-bond donors (Lipinski definition) is 2. The third kappa shape index (κ3) is 3.09. The van der Waals surface area contributed by atoms with Gasteiger partial charge in [0.15, 0.2) is 0 Å². The normalized spacial score (nSPS) is 10.5. The summed E-state index contributed by atoms with van der Waals surface area (Å²) in [6.45, 7) is 2.37. The molecule has 0 aliphatic heterocycles. The summed E-state index contributed by atoms with van der Waals surface area (Å²) >= 11 is 0. The predicted octanol–water partition coefficient (Wildman–Crippen LogP) is 0.332. The number of carbonyl (C=O) groups is 1. The number of aryl methyl sites for hydroxylation is 1. The first kappa shape index (κ1) is 12.2. The van der Waals surface area contributed by atoms with Gasteiger partial charge in [-0.15, -0.1) is 0 Å². The second-order valence-corrected chi connectivity index (χ2v) is 3.79. The number of nitrogens with two attached hydrogens (primary N) is 1. The highest BCUT2D eigenvalue weighted by atomic mass is 16.4. The maximum atomic E-state index is 11.6. The smallest absolute Gasteiger partial charge is 0.242 e. The summed E-state index contributed by atoms with van der Waals surface area (Å²) < 4.78 is 6.84. The van der Waals surface area contributed by atoms with E-state index < -0.39 is 0 Å². The van der Waals surface area contributed by atoms with Crippen LogP contribution in [0.5, 0.6) is 0 Å². The number of nitrogen functional groups attached to an aromatic ring is 1. The third-order valence-corrected chi connectivity index (χ3v) is 2.35. The summed E-state index contributed by atoms with van der Waals surface area (Å²) in [4.78, 5) is 15.6. The van der Waals surface area contributed by atoms with E-state index in [9.17, 15) is 4.79 Å². The van der Waals surface area contributed by atoms with E-state index in [4.69, 9.17) is 10.2 Å². The molecule has 2 aromatic rings. The van der Waals surface area contributed by atoms with Crippen LogP contribution in [0.3, 0.4) is 0 Å². The monoisotopic (exact) mass is 249 g/mol. The zero-order valence-corrected chi connectivity index (χ0v) is 10.1. The number of hydrogen-bond acceptors (Lipinski definition) is 5. The molecule has 2 rings (SSSR count). The van der Waals surface area contributed by atoms with Gasteiger partial charge in [0.2, 0.25) is 11.8 Å². The molecule has 18 heavy (non-hydrogen) atoms. The summed E-state index contributed by atoms with van der Waals surface area (Å²) in [6.07, 6.45) is 4.10. The van der Waals surface area contributed by atoms with Gasteiger partial charge >= 0.3 is 0 Å². The molecule has 0 fully saturated rings. The fourth-order valence-corrected chi connectivity index (χ4v) is 1.44. The molecular weight excluding hydrogens is 234 g/mol. The van der Waals surface area contributed by atoms with Crippen LogP contribution in [-0.4, -0.2) is 20.7 Å². The molecule has 1 amide bonds. The van der Waals surface area contributed by atoms with Gasteiger partial charge < -0.3 is 15.5 Å². The van der Waals surface area contributed by atoms with Crippen LogP contribution in [0.4, 0.5) is 5.82 Å². The van der Waals surface area contributed by atoms with Crippen LogP contribution in [0.2, 0.25) is 0 Å². The van der Waals surface area contributed by atoms with Crippen molar-refractivity contribution < 1.29 is 9.21 Å². The van der Waals surface area contributed by atoms with Gasteiger partial charge in [0.25, 0.3) is 0 Å². The van der Waals surface area contributed by atoms with E-state index in [0.29, 0.717) is 11.7 Å². The summed E-state index contributed by atoms with van der Waals surface area (Å²) in [6, 6.07) is 1.63. The minimum absolute atomic E-state index is 0.124. The standard InChI is InChI=1S/C11H15N5O2/c1-2-8-5-14-11(18-8)6-13-10(17)7-16-4-3-9(12)15-16/h3-5H,2,6-7H2,1H3,(H2,12,15)(H,13,17). The van der Waals surface area contributed by atoms with E-state index >= 15 is 0 Å². The van der Waals surface area contributed by atoms with Crippen LogP contribution in [0, 0.1) is 0 Å². The lowest BCUT2D eigenvalue weighted by Crippen LogP contribution is -2.27. The number of amides is 1. The molecular formula is C11H15N5O2. The van der Waals surface area contributed by atoms with E-state index in [2.05, 4.69) is 15.4 Å². The second kappa shape index (κ2) is 5.35. The van der Waals surface area contributed by atoms with Gasteiger partial charge in [-0.1, -0.05) is 6.92 Å². The molecule has 3 N–H and O–H groups in total. The molecule has 0 spiro atoms. The van der Waals surface area contributed by atoms with Crippen molar-refractivity contribution in [3.63, 3.8) is 0 Å². The molecule has 0 radical (unpaired) electrons. The van der Waals surface area contributed by atoms with Crippen molar-refractivity contribution >= 4 is 11.7 Å². The van der Waals surface area contributed by atoms with Crippen molar-refractivity contribution in [1.82, 2.24) is 20.1 Å². The number of nitrogens with zero attached hydrogens (tertiary/aromatic N) is 3. The highest BCUT2D eigenvalue weighted by Crippen LogP contribution is 2.03. The molecule has 96 valence electrons. The predicted molar refractivity (Wildman–Crippen MR) is 64.4 cm³/mol. The largest absolute Gasteiger partial charge is 0.444 e. The summed E-state index contributed by atoms with van der Waals surface area (Å²) in [7, 11) is 0. The van der Waals surface area contributed by atoms with Gasteiger partial charge in [0.1, 0.15) is 18.1 Å². The van der Waals surface area contributed by atoms with Gasteiger partial charge in [-0.2, -0.15) is 5.10 Å². The lowest BCUT2D eigenvalue weighted by atomic mass is 10.4. The molecule has 0 aliphatic carbocycles. The van der Waals surface area contributed by atoms with Gasteiger partial charge in [-0.05, 0) is 6.07 Å². The SMILES string of the molecule is CCc1cnc(CNC(=O)Cn2ccc(N)n2)o1. The van der Waals surface area contributed by atoms with E-state index in [1.54, 1.807) is 18.5 Å². The van der Waals surface area contributed by atoms with Crippen LogP contribution in [0.1, 0.15) is 18.6 Å². The number of nitrogens with one attached hydrogen (secondary N) is 1. The molecule has 0 aliphatic rings. The third-order valence-electron chi connectivity index (χ3n) is 2.35. The number of rotatable bonds is 5. The van der Waals surface area contributed by atoms with E-state index in [1.807, 2.05) is 6.92 Å². The molecule has 0 bridgehead atoms. The van der Waals surface area contributed by atoms with Crippen LogP contribution in [0.25, 0.3) is 0 Å². The van der Waals surface area contributed by atoms with E-state index in [-0.39, 0.29) is 19.0 Å². The zero-order valence-electron chi connectivity index (χ0n) is 10.1. The summed E-state index contributed by atoms with van der Waals surface area (Å²) in [5, 5.41) is 6.61. The average Bonchev–Trinajstić information content (AvgIpc) is 2.95. The Balaban J connectivity index is 1.81. The molecule has 7 nitrogen and oxygen atoms in total. The lowest BCUT2D eigenvalue weighted by molar-refractivity contribution is -0.122. The van der Waals surface area contributed by atoms with Gasteiger partial charge in [-0.3, -0.25) is 9.48 Å². The number of carbonyl (C=O) groups excluding carboxylic acids is 1. The first-order chi connectivity index (χ1) is 8.67. The van der Waals surface area contributed by atoms with E-state index in [1.165, 1.54) is 4.68 Å². The Labute approximate surface area is 104 Å². The van der Waals surface area contributed by atoms with Crippen molar-refractivity contribution in [3.8, 4) is 0 Å². The Morgan fingerprint density at radius 1 is 1.61 bits per heavy atom. The summed E-state index contributed by atoms with van der Waals surface area (Å²) in [5.41, 5.74) is 5.45. The second-order valence-electron chi connectivity index (χ2n) is 3.79. The van der Waals surface area contributed by atoms with Crippen LogP contribution in [0.15, 0.2) is 22.9 Å². The maximum absolute atomic E-state index is 11.6. The minimum atomic E-state index is -0.172. The number of oxazole rings is 1. The van der Waals surface area contributed by atoms with Crippen molar-refractivity contribution in [2.45, 2.75) is 26.4 Å². The van der Waals surface area contributed by atoms with Crippen molar-refractivity contribution in [2.24, 2.45) is 0 Å². The van der Waals surface area contributed by atoms with Crippen molar-refractivity contribution in [3.05, 3.63) is 30.1 Å². The topological polar surface area (TPSA) is 99.0 Å².